The Bertz CT molecular complexity index is 531. The third-order valence-corrected chi connectivity index (χ3v) is 6.95. The molecule has 0 unspecified atom stereocenters. The molecule has 0 aliphatic carbocycles. The highest BCUT2D eigenvalue weighted by Gasteiger charge is 2.05. The van der Waals surface area contributed by atoms with E-state index < -0.39 is 11.9 Å². The minimum Gasteiger partial charge on any atom is -0.459 e. The predicted molar refractivity (Wildman–Crippen MR) is 169 cm³/mol. The molecule has 0 N–H and O–H groups in total. The van der Waals surface area contributed by atoms with E-state index in [1.54, 1.807) is 13.8 Å². The van der Waals surface area contributed by atoms with Gasteiger partial charge in [-0.3, -0.25) is 0 Å². The van der Waals surface area contributed by atoms with Gasteiger partial charge in [0.2, 0.25) is 0 Å². The van der Waals surface area contributed by atoms with Crippen LogP contribution in [0.1, 0.15) is 175 Å². The van der Waals surface area contributed by atoms with Crippen LogP contribution >= 0.6 is 0 Å². The largest absolute Gasteiger partial charge is 0.459 e. The first kappa shape index (κ1) is 39.6. The van der Waals surface area contributed by atoms with Gasteiger partial charge in [-0.1, -0.05) is 175 Å². The maximum atomic E-state index is 10.8. The molecule has 0 aliphatic rings. The molecule has 0 rings (SSSR count). The molecule has 0 aliphatic heterocycles. The van der Waals surface area contributed by atoms with E-state index in [-0.39, 0.29) is 13.2 Å². The van der Waals surface area contributed by atoms with E-state index in [9.17, 15) is 9.59 Å². The van der Waals surface area contributed by atoms with Gasteiger partial charge in [0.05, 0.1) is 0 Å². The highest BCUT2D eigenvalue weighted by Crippen LogP contribution is 2.15. The van der Waals surface area contributed by atoms with Crippen molar-refractivity contribution in [2.75, 3.05) is 13.2 Å². The summed E-state index contributed by atoms with van der Waals surface area (Å²) in [7, 11) is 0. The Labute approximate surface area is 243 Å². The summed E-state index contributed by atoms with van der Waals surface area (Å²) in [6.07, 6.45) is 33.9. The maximum absolute atomic E-state index is 10.8. The molecule has 0 radical (unpaired) electrons. The van der Waals surface area contributed by atoms with Crippen molar-refractivity contribution >= 4 is 11.9 Å². The number of carbonyl (C=O) groups is 2. The van der Waals surface area contributed by atoms with Gasteiger partial charge in [0.15, 0.2) is 0 Å². The summed E-state index contributed by atoms with van der Waals surface area (Å²) in [5.74, 6) is -0.979. The molecule has 230 valence electrons. The Morgan fingerprint density at radius 2 is 0.590 bits per heavy atom. The Kier molecular flexibility index (Phi) is 33.1. The van der Waals surface area contributed by atoms with Crippen molar-refractivity contribution in [3.63, 3.8) is 0 Å². The average Bonchev–Trinajstić information content (AvgIpc) is 2.92. The van der Waals surface area contributed by atoms with Crippen LogP contribution < -0.4 is 0 Å². The van der Waals surface area contributed by atoms with E-state index in [0.29, 0.717) is 11.1 Å². The van der Waals surface area contributed by atoms with Crippen molar-refractivity contribution in [3.8, 4) is 0 Å². The van der Waals surface area contributed by atoms with Gasteiger partial charge in [-0.25, -0.2) is 9.59 Å². The Balaban J connectivity index is 0. The zero-order valence-corrected chi connectivity index (χ0v) is 26.7. The van der Waals surface area contributed by atoms with Crippen LogP contribution in [0.5, 0.6) is 0 Å². The second kappa shape index (κ2) is 32.6. The summed E-state index contributed by atoms with van der Waals surface area (Å²) in [6.45, 7) is 14.6. The third-order valence-electron chi connectivity index (χ3n) is 6.95. The molecule has 0 atom stereocenters. The number of unbranched alkanes of at least 4 members (excludes halogenated alkanes) is 22. The van der Waals surface area contributed by atoms with E-state index >= 15 is 0 Å². The molecular weight excluding hydrogens is 484 g/mol. The monoisotopic (exact) mass is 550 g/mol. The molecule has 0 spiro atoms. The number of hydrogen-bond acceptors (Lipinski definition) is 4. The van der Waals surface area contributed by atoms with Gasteiger partial charge in [-0.2, -0.15) is 0 Å². The predicted octanol–water partition coefficient (Wildman–Crippen LogP) is 11.2. The van der Waals surface area contributed by atoms with Crippen LogP contribution in [0.25, 0.3) is 0 Å². The SMILES string of the molecule is C=C(C)C(=O)OCCOC(=O)C(=C)C.CCCCCCCCCCCCCCCCCCCCCCCCC. The van der Waals surface area contributed by atoms with Crippen LogP contribution in [0.3, 0.4) is 0 Å². The minimum atomic E-state index is -0.489. The molecule has 39 heavy (non-hydrogen) atoms. The van der Waals surface area contributed by atoms with Gasteiger partial charge in [0.1, 0.15) is 13.2 Å². The van der Waals surface area contributed by atoms with Gasteiger partial charge in [-0.15, -0.1) is 0 Å². The van der Waals surface area contributed by atoms with Gasteiger partial charge in [-0.05, 0) is 13.8 Å². The molecule has 0 aromatic carbocycles. The van der Waals surface area contributed by atoms with Gasteiger partial charge in [0.25, 0.3) is 0 Å². The minimum absolute atomic E-state index is 0.0325. The lowest BCUT2D eigenvalue weighted by Gasteiger charge is -2.05. The van der Waals surface area contributed by atoms with Crippen LogP contribution in [0.2, 0.25) is 0 Å². The van der Waals surface area contributed by atoms with Crippen molar-refractivity contribution < 1.29 is 19.1 Å². The van der Waals surface area contributed by atoms with E-state index in [0.717, 1.165) is 0 Å². The van der Waals surface area contributed by atoms with E-state index in [1.807, 2.05) is 0 Å². The fourth-order valence-electron chi connectivity index (χ4n) is 4.37. The quantitative estimate of drug-likeness (QED) is 0.0579. The Hall–Kier alpha value is -1.58. The average molecular weight is 551 g/mol. The van der Waals surface area contributed by atoms with Crippen molar-refractivity contribution in [1.29, 1.82) is 0 Å². The molecule has 0 fully saturated rings. The zero-order valence-electron chi connectivity index (χ0n) is 26.7. The van der Waals surface area contributed by atoms with Crippen molar-refractivity contribution in [2.24, 2.45) is 0 Å². The first-order chi connectivity index (χ1) is 18.9. The number of hydrogen-bond donors (Lipinski definition) is 0. The summed E-state index contributed by atoms with van der Waals surface area (Å²) in [4.78, 5) is 21.7. The Morgan fingerprint density at radius 3 is 0.744 bits per heavy atom. The maximum Gasteiger partial charge on any atom is 0.333 e. The van der Waals surface area contributed by atoms with Gasteiger partial charge < -0.3 is 9.47 Å². The number of rotatable bonds is 27. The molecule has 0 saturated carbocycles. The van der Waals surface area contributed by atoms with Crippen molar-refractivity contribution in [1.82, 2.24) is 0 Å². The first-order valence-electron chi connectivity index (χ1n) is 16.5. The molecule has 0 aromatic heterocycles. The van der Waals surface area contributed by atoms with Crippen LogP contribution in [-0.4, -0.2) is 25.2 Å². The summed E-state index contributed by atoms with van der Waals surface area (Å²) in [5.41, 5.74) is 0.632. The topological polar surface area (TPSA) is 52.6 Å². The fourth-order valence-corrected chi connectivity index (χ4v) is 4.37. The molecule has 0 amide bonds. The molecule has 0 heterocycles. The summed E-state index contributed by atoms with van der Waals surface area (Å²) in [5, 5.41) is 0. The number of esters is 2. The van der Waals surface area contributed by atoms with Gasteiger partial charge in [0, 0.05) is 11.1 Å². The smallest absolute Gasteiger partial charge is 0.333 e. The lowest BCUT2D eigenvalue weighted by molar-refractivity contribution is -0.147. The molecule has 0 saturated heterocycles. The number of ether oxygens (including phenoxy) is 2. The summed E-state index contributed by atoms with van der Waals surface area (Å²) < 4.78 is 9.38. The first-order valence-corrected chi connectivity index (χ1v) is 16.5. The lowest BCUT2D eigenvalue weighted by Crippen LogP contribution is -2.14. The van der Waals surface area contributed by atoms with E-state index in [4.69, 9.17) is 0 Å². The van der Waals surface area contributed by atoms with Crippen molar-refractivity contribution in [3.05, 3.63) is 24.3 Å². The molecule has 0 bridgehead atoms. The van der Waals surface area contributed by atoms with Crippen LogP contribution in [0, 0.1) is 0 Å². The van der Waals surface area contributed by atoms with Crippen LogP contribution in [0.15, 0.2) is 24.3 Å². The van der Waals surface area contributed by atoms with Crippen LogP contribution in [-0.2, 0) is 19.1 Å². The zero-order chi connectivity index (χ0) is 29.4. The molecule has 4 nitrogen and oxygen atoms in total. The van der Waals surface area contributed by atoms with Gasteiger partial charge >= 0.3 is 11.9 Å². The summed E-state index contributed by atoms with van der Waals surface area (Å²) >= 11 is 0. The Morgan fingerprint density at radius 1 is 0.410 bits per heavy atom. The highest BCUT2D eigenvalue weighted by atomic mass is 16.6. The normalized spacial score (nSPS) is 10.5. The second-order valence-electron chi connectivity index (χ2n) is 11.3. The second-order valence-corrected chi connectivity index (χ2v) is 11.3. The molecule has 4 heteroatoms. The lowest BCUT2D eigenvalue weighted by atomic mass is 10.0. The van der Waals surface area contributed by atoms with E-state index in [2.05, 4.69) is 36.5 Å². The fraction of sp³-hybridized carbons (Fsp3) is 0.829. The number of carbonyl (C=O) groups excluding carboxylic acids is 2. The standard InChI is InChI=1S/C25H52.C10H14O4/c1-3-5-7-9-11-13-15-17-19-21-23-25-24-22-20-18-16-14-12-10-8-6-4-2;1-7(2)9(11)13-5-6-14-10(12)8(3)4/h3-25H2,1-2H3;1,3,5-6H2,2,4H3. The highest BCUT2D eigenvalue weighted by molar-refractivity contribution is 5.87. The van der Waals surface area contributed by atoms with Crippen LogP contribution in [0.4, 0.5) is 0 Å². The van der Waals surface area contributed by atoms with Crippen molar-refractivity contribution in [2.45, 2.75) is 175 Å². The molecule has 0 aromatic rings. The third kappa shape index (κ3) is 34.4. The van der Waals surface area contributed by atoms with E-state index in [1.165, 1.54) is 148 Å². The molecular formula is C35H66O4. The summed E-state index contributed by atoms with van der Waals surface area (Å²) in [6, 6.07) is 0.